The van der Waals surface area contributed by atoms with Crippen LogP contribution >= 0.6 is 12.2 Å². The topological polar surface area (TPSA) is 102 Å². The number of thiocarbonyl (C=S) groups is 1. The Morgan fingerprint density at radius 2 is 1.77 bits per heavy atom. The number of piperazine rings is 1. The Morgan fingerprint density at radius 1 is 1.15 bits per heavy atom. The van der Waals surface area contributed by atoms with Gasteiger partial charge in [0, 0.05) is 37.4 Å². The highest BCUT2D eigenvalue weighted by Gasteiger charge is 2.51. The average molecular weight is 689 g/mol. The molecule has 3 heterocycles. The second kappa shape index (κ2) is 13.5. The number of hydrogen-bond donors (Lipinski definition) is 0. The van der Waals surface area contributed by atoms with E-state index in [1.165, 1.54) is 6.07 Å². The number of carbonyl (C=O) groups excluding carboxylic acids is 2. The lowest BCUT2D eigenvalue weighted by Crippen LogP contribution is -2.60. The molecule has 0 spiro atoms. The third-order valence-electron chi connectivity index (χ3n) is 8.34. The SMILES string of the molecule is CCc1cc(N2C(=S)N(c3cnc(C#N)c(C(F)(F)F)c3)C(=O)C2(C)C)ccc1O[C@H](C)CN1C[C@@H](C)N(C(=O)OC(C)(C)C)[C@H](C)C1. The van der Waals surface area contributed by atoms with E-state index in [1.54, 1.807) is 29.7 Å². The van der Waals surface area contributed by atoms with Crippen LogP contribution in [0.15, 0.2) is 30.5 Å². The second-order valence-electron chi connectivity index (χ2n) is 13.9. The van der Waals surface area contributed by atoms with Gasteiger partial charge >= 0.3 is 12.3 Å². The Morgan fingerprint density at radius 3 is 2.31 bits per heavy atom. The Kier molecular flexibility index (Phi) is 10.4. The van der Waals surface area contributed by atoms with Crippen LogP contribution < -0.4 is 14.5 Å². The number of nitriles is 1. The highest BCUT2D eigenvalue weighted by atomic mass is 32.1. The molecule has 0 unspecified atom stereocenters. The number of nitrogens with zero attached hydrogens (tertiary/aromatic N) is 6. The molecule has 2 amide bonds. The van der Waals surface area contributed by atoms with Crippen LogP contribution in [-0.4, -0.2) is 80.9 Å². The Bertz CT molecular complexity index is 1610. The maximum Gasteiger partial charge on any atom is 0.419 e. The summed E-state index contributed by atoms with van der Waals surface area (Å²) >= 11 is 5.68. The summed E-state index contributed by atoms with van der Waals surface area (Å²) in [6.45, 7) is 18.8. The summed E-state index contributed by atoms with van der Waals surface area (Å²) in [6, 6.07) is 7.54. The number of alkyl halides is 3. The summed E-state index contributed by atoms with van der Waals surface area (Å²) < 4.78 is 53.1. The molecular formula is C34H43F3N6O4S. The van der Waals surface area contributed by atoms with Crippen LogP contribution in [0.3, 0.4) is 0 Å². The van der Waals surface area contributed by atoms with Crippen molar-refractivity contribution in [3.63, 3.8) is 0 Å². The quantitative estimate of drug-likeness (QED) is 0.300. The van der Waals surface area contributed by atoms with E-state index in [2.05, 4.69) is 9.88 Å². The van der Waals surface area contributed by atoms with E-state index in [1.807, 2.05) is 60.6 Å². The van der Waals surface area contributed by atoms with Gasteiger partial charge in [-0.05, 0) is 104 Å². The van der Waals surface area contributed by atoms with Crippen LogP contribution in [0, 0.1) is 11.3 Å². The number of halogens is 3. The summed E-state index contributed by atoms with van der Waals surface area (Å²) in [5.41, 5.74) is -2.57. The molecule has 14 heteroatoms. The van der Waals surface area contributed by atoms with Gasteiger partial charge in [-0.25, -0.2) is 9.78 Å². The molecule has 3 atom stereocenters. The van der Waals surface area contributed by atoms with Gasteiger partial charge in [-0.1, -0.05) is 6.92 Å². The number of aryl methyl sites for hydroxylation is 1. The number of benzene rings is 1. The van der Waals surface area contributed by atoms with Crippen LogP contribution in [-0.2, 0) is 22.1 Å². The van der Waals surface area contributed by atoms with Crippen molar-refractivity contribution in [1.82, 2.24) is 14.8 Å². The lowest BCUT2D eigenvalue weighted by Gasteiger charge is -2.45. The molecule has 4 rings (SSSR count). The largest absolute Gasteiger partial charge is 0.489 e. The molecule has 2 aromatic rings. The minimum absolute atomic E-state index is 0.0116. The molecule has 0 aliphatic carbocycles. The van der Waals surface area contributed by atoms with Gasteiger partial charge < -0.3 is 19.3 Å². The van der Waals surface area contributed by atoms with Gasteiger partial charge in [-0.3, -0.25) is 14.6 Å². The first-order valence-electron chi connectivity index (χ1n) is 15.9. The predicted molar refractivity (Wildman–Crippen MR) is 180 cm³/mol. The average Bonchev–Trinajstić information content (AvgIpc) is 3.13. The van der Waals surface area contributed by atoms with Gasteiger partial charge in [0.15, 0.2) is 10.8 Å². The van der Waals surface area contributed by atoms with E-state index in [9.17, 15) is 22.8 Å². The molecule has 0 saturated carbocycles. The first kappa shape index (κ1) is 36.9. The maximum atomic E-state index is 13.7. The van der Waals surface area contributed by atoms with Gasteiger partial charge in [0.05, 0.1) is 17.4 Å². The van der Waals surface area contributed by atoms with Crippen LogP contribution in [0.4, 0.5) is 29.3 Å². The molecule has 1 aromatic heterocycles. The van der Waals surface area contributed by atoms with Gasteiger partial charge in [0.1, 0.15) is 29.1 Å². The molecule has 2 saturated heterocycles. The standard InChI is InChI=1S/C34H43F3N6O4S/c1-10-23-13-24(43-30(48)42(29(44)33(43,8)9)25-14-26(34(35,36)37)27(15-38)39-16-25)11-12-28(23)46-22(4)19-40-17-20(2)41(21(3)18-40)31(45)47-32(5,6)7/h11-14,16,20-22H,10,17-19H2,1-9H3/t20-,21-,22-/m1/s1. The number of hydrogen-bond acceptors (Lipinski definition) is 8. The number of pyridine rings is 1. The summed E-state index contributed by atoms with van der Waals surface area (Å²) in [4.78, 5) is 36.8. The normalized spacial score (nSPS) is 20.9. The van der Waals surface area contributed by atoms with E-state index < -0.39 is 34.5 Å². The summed E-state index contributed by atoms with van der Waals surface area (Å²) in [5.74, 6) is 0.133. The third kappa shape index (κ3) is 7.52. The van der Waals surface area contributed by atoms with E-state index in [4.69, 9.17) is 27.0 Å². The first-order chi connectivity index (χ1) is 22.2. The van der Waals surface area contributed by atoms with E-state index in [0.29, 0.717) is 37.5 Å². The van der Waals surface area contributed by atoms with Crippen molar-refractivity contribution in [2.45, 2.75) is 104 Å². The van der Waals surface area contributed by atoms with E-state index in [0.717, 1.165) is 22.7 Å². The summed E-state index contributed by atoms with van der Waals surface area (Å²) in [6.07, 6.45) is -3.70. The zero-order valence-electron chi connectivity index (χ0n) is 28.8. The maximum absolute atomic E-state index is 13.7. The lowest BCUT2D eigenvalue weighted by molar-refractivity contribution is -0.138. The highest BCUT2D eigenvalue weighted by Crippen LogP contribution is 2.40. The minimum Gasteiger partial charge on any atom is -0.489 e. The van der Waals surface area contributed by atoms with Crippen molar-refractivity contribution in [2.24, 2.45) is 0 Å². The van der Waals surface area contributed by atoms with Crippen LogP contribution in [0.25, 0.3) is 0 Å². The zero-order chi connectivity index (χ0) is 35.9. The molecule has 48 heavy (non-hydrogen) atoms. The number of rotatable bonds is 7. The zero-order valence-corrected chi connectivity index (χ0v) is 29.6. The van der Waals surface area contributed by atoms with E-state index in [-0.39, 0.29) is 35.1 Å². The van der Waals surface area contributed by atoms with Crippen molar-refractivity contribution >= 4 is 40.7 Å². The Hall–Kier alpha value is -3.96. The molecular weight excluding hydrogens is 645 g/mol. The molecule has 260 valence electrons. The lowest BCUT2D eigenvalue weighted by atomic mass is 10.0. The fourth-order valence-corrected chi connectivity index (χ4v) is 6.83. The molecule has 2 aliphatic heterocycles. The van der Waals surface area contributed by atoms with Gasteiger partial charge in [0.2, 0.25) is 0 Å². The fourth-order valence-electron chi connectivity index (χ4n) is 6.31. The number of carbonyl (C=O) groups is 2. The smallest absolute Gasteiger partial charge is 0.419 e. The third-order valence-corrected chi connectivity index (χ3v) is 8.70. The van der Waals surface area contributed by atoms with Gasteiger partial charge in [0.25, 0.3) is 5.91 Å². The number of ether oxygens (including phenoxy) is 2. The first-order valence-corrected chi connectivity index (χ1v) is 16.3. The summed E-state index contributed by atoms with van der Waals surface area (Å²) in [7, 11) is 0. The minimum atomic E-state index is -4.85. The number of anilines is 2. The molecule has 0 radical (unpaired) electrons. The number of aromatic nitrogens is 1. The molecule has 0 bridgehead atoms. The van der Waals surface area contributed by atoms with E-state index >= 15 is 0 Å². The molecule has 1 aromatic carbocycles. The van der Waals surface area contributed by atoms with Crippen molar-refractivity contribution < 1.29 is 32.2 Å². The van der Waals surface area contributed by atoms with Crippen molar-refractivity contribution in [2.75, 3.05) is 29.4 Å². The molecule has 0 N–H and O–H groups in total. The molecule has 2 aliphatic rings. The Labute approximate surface area is 285 Å². The van der Waals surface area contributed by atoms with Crippen molar-refractivity contribution in [3.05, 3.63) is 47.3 Å². The molecule has 2 fully saturated rings. The Balaban J connectivity index is 1.51. The second-order valence-corrected chi connectivity index (χ2v) is 14.3. The van der Waals surface area contributed by atoms with Crippen molar-refractivity contribution in [3.8, 4) is 11.8 Å². The van der Waals surface area contributed by atoms with Gasteiger partial charge in [-0.2, -0.15) is 18.4 Å². The van der Waals surface area contributed by atoms with Gasteiger partial charge in [-0.15, -0.1) is 0 Å². The van der Waals surface area contributed by atoms with Crippen molar-refractivity contribution in [1.29, 1.82) is 5.26 Å². The molecule has 10 nitrogen and oxygen atoms in total. The monoisotopic (exact) mass is 688 g/mol. The van der Waals surface area contributed by atoms with Crippen LogP contribution in [0.1, 0.15) is 79.1 Å². The fraction of sp³-hybridized carbons (Fsp3) is 0.559. The van der Waals surface area contributed by atoms with Crippen LogP contribution in [0.5, 0.6) is 5.75 Å². The predicted octanol–water partition coefficient (Wildman–Crippen LogP) is 6.55. The summed E-state index contributed by atoms with van der Waals surface area (Å²) in [5, 5.41) is 9.14. The van der Waals surface area contributed by atoms with Crippen LogP contribution in [0.2, 0.25) is 0 Å². The number of amides is 2. The highest BCUT2D eigenvalue weighted by molar-refractivity contribution is 7.81.